The van der Waals surface area contributed by atoms with Crippen LogP contribution in [0.2, 0.25) is 0 Å². The topological polar surface area (TPSA) is 46.3 Å². The second-order valence-electron chi connectivity index (χ2n) is 3.19. The standard InChI is InChI=1S/C12H11NO2/c1-9-13-11-8-10(4-2-3-7-14)5-6-12(11)15-9/h5-6,8,14H,3,7H2,1H3. The van der Waals surface area contributed by atoms with Crippen LogP contribution in [0.1, 0.15) is 17.9 Å². The minimum atomic E-state index is 0.0955. The molecule has 76 valence electrons. The second-order valence-corrected chi connectivity index (χ2v) is 3.19. The smallest absolute Gasteiger partial charge is 0.192 e. The lowest BCUT2D eigenvalue weighted by Gasteiger charge is -1.88. The summed E-state index contributed by atoms with van der Waals surface area (Å²) in [5.74, 6) is 6.48. The summed E-state index contributed by atoms with van der Waals surface area (Å²) in [6.45, 7) is 1.91. The second kappa shape index (κ2) is 4.16. The van der Waals surface area contributed by atoms with E-state index in [9.17, 15) is 0 Å². The zero-order valence-electron chi connectivity index (χ0n) is 8.45. The van der Waals surface area contributed by atoms with Crippen LogP contribution in [-0.4, -0.2) is 16.7 Å². The maximum absolute atomic E-state index is 8.59. The highest BCUT2D eigenvalue weighted by Crippen LogP contribution is 2.16. The fourth-order valence-corrected chi connectivity index (χ4v) is 1.34. The number of aromatic nitrogens is 1. The predicted octanol–water partition coefficient (Wildman–Crippen LogP) is 1.87. The molecule has 0 unspecified atom stereocenters. The first kappa shape index (κ1) is 9.75. The molecule has 0 aliphatic rings. The maximum Gasteiger partial charge on any atom is 0.192 e. The molecule has 0 aliphatic heterocycles. The van der Waals surface area contributed by atoms with Crippen LogP contribution in [0.15, 0.2) is 22.6 Å². The van der Waals surface area contributed by atoms with Crippen LogP contribution in [0.4, 0.5) is 0 Å². The largest absolute Gasteiger partial charge is 0.441 e. The summed E-state index contributed by atoms with van der Waals surface area (Å²) in [6.07, 6.45) is 0.496. The Morgan fingerprint density at radius 2 is 2.33 bits per heavy atom. The van der Waals surface area contributed by atoms with Crippen molar-refractivity contribution in [3.05, 3.63) is 29.7 Å². The van der Waals surface area contributed by atoms with Crippen LogP contribution in [0.5, 0.6) is 0 Å². The van der Waals surface area contributed by atoms with Crippen molar-refractivity contribution in [2.24, 2.45) is 0 Å². The SMILES string of the molecule is Cc1nc2cc(C#CCCO)ccc2o1. The summed E-state index contributed by atoms with van der Waals surface area (Å²) < 4.78 is 5.35. The Bertz CT molecular complexity index is 531. The van der Waals surface area contributed by atoms with Crippen molar-refractivity contribution < 1.29 is 9.52 Å². The highest BCUT2D eigenvalue weighted by Gasteiger charge is 2.01. The Labute approximate surface area is 87.7 Å². The maximum atomic E-state index is 8.59. The number of hydrogen-bond acceptors (Lipinski definition) is 3. The molecule has 0 radical (unpaired) electrons. The van der Waals surface area contributed by atoms with Gasteiger partial charge < -0.3 is 9.52 Å². The minimum Gasteiger partial charge on any atom is -0.441 e. The van der Waals surface area contributed by atoms with Gasteiger partial charge >= 0.3 is 0 Å². The third kappa shape index (κ3) is 2.17. The lowest BCUT2D eigenvalue weighted by atomic mass is 10.2. The molecule has 1 N–H and O–H groups in total. The Morgan fingerprint density at radius 3 is 3.13 bits per heavy atom. The van der Waals surface area contributed by atoms with Gasteiger partial charge in [0.15, 0.2) is 11.5 Å². The first-order valence-electron chi connectivity index (χ1n) is 4.76. The Morgan fingerprint density at radius 1 is 1.47 bits per heavy atom. The van der Waals surface area contributed by atoms with E-state index in [-0.39, 0.29) is 6.61 Å². The number of nitrogens with zero attached hydrogens (tertiary/aromatic N) is 1. The number of benzene rings is 1. The third-order valence-corrected chi connectivity index (χ3v) is 1.96. The molecule has 1 aromatic carbocycles. The van der Waals surface area contributed by atoms with E-state index in [2.05, 4.69) is 16.8 Å². The molecular weight excluding hydrogens is 190 g/mol. The zero-order chi connectivity index (χ0) is 10.7. The van der Waals surface area contributed by atoms with Crippen LogP contribution >= 0.6 is 0 Å². The van der Waals surface area contributed by atoms with Gasteiger partial charge in [0, 0.05) is 18.9 Å². The van der Waals surface area contributed by atoms with Gasteiger partial charge in [0.1, 0.15) is 5.52 Å². The fourth-order valence-electron chi connectivity index (χ4n) is 1.34. The molecule has 1 heterocycles. The van der Waals surface area contributed by atoms with Crippen LogP contribution < -0.4 is 0 Å². The van der Waals surface area contributed by atoms with E-state index in [0.717, 1.165) is 16.7 Å². The molecule has 2 rings (SSSR count). The Balaban J connectivity index is 2.35. The summed E-state index contributed by atoms with van der Waals surface area (Å²) in [5, 5.41) is 8.59. The summed E-state index contributed by atoms with van der Waals surface area (Å²) in [4.78, 5) is 4.22. The van der Waals surface area contributed by atoms with Gasteiger partial charge in [-0.25, -0.2) is 4.98 Å². The quantitative estimate of drug-likeness (QED) is 0.716. The number of oxazole rings is 1. The van der Waals surface area contributed by atoms with E-state index in [4.69, 9.17) is 9.52 Å². The lowest BCUT2D eigenvalue weighted by Crippen LogP contribution is -1.78. The van der Waals surface area contributed by atoms with Gasteiger partial charge in [0.05, 0.1) is 6.61 Å². The summed E-state index contributed by atoms with van der Waals surface area (Å²) >= 11 is 0. The molecular formula is C12H11NO2. The summed E-state index contributed by atoms with van der Waals surface area (Å²) in [7, 11) is 0. The first-order valence-corrected chi connectivity index (χ1v) is 4.76. The van der Waals surface area contributed by atoms with Crippen molar-refractivity contribution in [1.82, 2.24) is 4.98 Å². The fraction of sp³-hybridized carbons (Fsp3) is 0.250. The van der Waals surface area contributed by atoms with E-state index < -0.39 is 0 Å². The highest BCUT2D eigenvalue weighted by molar-refractivity contribution is 5.74. The number of hydrogen-bond donors (Lipinski definition) is 1. The average molecular weight is 201 g/mol. The molecule has 0 saturated carbocycles. The summed E-state index contributed by atoms with van der Waals surface area (Å²) in [5.41, 5.74) is 2.49. The van der Waals surface area contributed by atoms with Gasteiger partial charge in [-0.15, -0.1) is 0 Å². The molecule has 3 nitrogen and oxygen atoms in total. The van der Waals surface area contributed by atoms with Gasteiger partial charge in [0.25, 0.3) is 0 Å². The van der Waals surface area contributed by atoms with Crippen molar-refractivity contribution >= 4 is 11.1 Å². The van der Waals surface area contributed by atoms with Gasteiger partial charge in [0.2, 0.25) is 0 Å². The van der Waals surface area contributed by atoms with E-state index >= 15 is 0 Å². The number of aliphatic hydroxyl groups is 1. The number of rotatable bonds is 1. The molecule has 1 aromatic heterocycles. The van der Waals surface area contributed by atoms with Gasteiger partial charge in [-0.1, -0.05) is 11.8 Å². The van der Waals surface area contributed by atoms with Crippen LogP contribution in [0.3, 0.4) is 0 Å². The first-order chi connectivity index (χ1) is 7.29. The number of aliphatic hydroxyl groups excluding tert-OH is 1. The van der Waals surface area contributed by atoms with Crippen molar-refractivity contribution in [3.63, 3.8) is 0 Å². The molecule has 0 amide bonds. The lowest BCUT2D eigenvalue weighted by molar-refractivity contribution is 0.305. The predicted molar refractivity (Wildman–Crippen MR) is 57.3 cm³/mol. The van der Waals surface area contributed by atoms with E-state index in [1.54, 1.807) is 0 Å². The minimum absolute atomic E-state index is 0.0955. The van der Waals surface area contributed by atoms with Crippen molar-refractivity contribution in [3.8, 4) is 11.8 Å². The molecule has 2 aromatic rings. The molecule has 0 bridgehead atoms. The van der Waals surface area contributed by atoms with E-state index in [0.29, 0.717) is 12.3 Å². The monoisotopic (exact) mass is 201 g/mol. The Hall–Kier alpha value is -1.79. The molecule has 15 heavy (non-hydrogen) atoms. The summed E-state index contributed by atoms with van der Waals surface area (Å²) in [6, 6.07) is 5.63. The number of fused-ring (bicyclic) bond motifs is 1. The van der Waals surface area contributed by atoms with Crippen molar-refractivity contribution in [2.45, 2.75) is 13.3 Å². The van der Waals surface area contributed by atoms with Crippen LogP contribution in [0, 0.1) is 18.8 Å². The highest BCUT2D eigenvalue weighted by atomic mass is 16.3. The van der Waals surface area contributed by atoms with Crippen LogP contribution in [-0.2, 0) is 0 Å². The van der Waals surface area contributed by atoms with E-state index in [1.807, 2.05) is 25.1 Å². The van der Waals surface area contributed by atoms with Gasteiger partial charge in [-0.3, -0.25) is 0 Å². The molecule has 0 atom stereocenters. The zero-order valence-corrected chi connectivity index (χ0v) is 8.45. The third-order valence-electron chi connectivity index (χ3n) is 1.96. The van der Waals surface area contributed by atoms with E-state index in [1.165, 1.54) is 0 Å². The average Bonchev–Trinajstić information content (AvgIpc) is 2.57. The van der Waals surface area contributed by atoms with Crippen LogP contribution in [0.25, 0.3) is 11.1 Å². The normalized spacial score (nSPS) is 10.0. The van der Waals surface area contributed by atoms with Crippen molar-refractivity contribution in [1.29, 1.82) is 0 Å². The molecule has 0 aliphatic carbocycles. The molecule has 3 heteroatoms. The molecule has 0 spiro atoms. The Kier molecular flexibility index (Phi) is 2.70. The van der Waals surface area contributed by atoms with Crippen molar-refractivity contribution in [2.75, 3.05) is 6.61 Å². The van der Waals surface area contributed by atoms with Gasteiger partial charge in [-0.05, 0) is 18.2 Å². The van der Waals surface area contributed by atoms with Gasteiger partial charge in [-0.2, -0.15) is 0 Å². The number of aryl methyl sites for hydroxylation is 1. The molecule has 0 fully saturated rings. The molecule has 0 saturated heterocycles.